The van der Waals surface area contributed by atoms with Gasteiger partial charge in [-0.05, 0) is 25.1 Å². The maximum atomic E-state index is 12.0. The topological polar surface area (TPSA) is 80.5 Å². The lowest BCUT2D eigenvalue weighted by molar-refractivity contribution is -0.137. The summed E-state index contributed by atoms with van der Waals surface area (Å²) in [5.74, 6) is -1.88. The molecule has 6 heteroatoms. The summed E-state index contributed by atoms with van der Waals surface area (Å²) in [6, 6.07) is 4.98. The molecule has 94 valence electrons. The molecule has 2 rings (SSSR count). The minimum absolute atomic E-state index is 0.390. The third kappa shape index (κ3) is 1.99. The third-order valence-corrected chi connectivity index (χ3v) is 3.75. The Bertz CT molecular complexity index is 556. The summed E-state index contributed by atoms with van der Waals surface area (Å²) in [5.41, 5.74) is 6.49. The predicted molar refractivity (Wildman–Crippen MR) is 69.3 cm³/mol. The van der Waals surface area contributed by atoms with Gasteiger partial charge in [-0.1, -0.05) is 0 Å². The number of ketones is 1. The Morgan fingerprint density at radius 3 is 2.67 bits per heavy atom. The lowest BCUT2D eigenvalue weighted by atomic mass is 10.2. The van der Waals surface area contributed by atoms with Gasteiger partial charge in [0, 0.05) is 17.5 Å². The highest BCUT2D eigenvalue weighted by Gasteiger charge is 2.36. The van der Waals surface area contributed by atoms with E-state index in [1.165, 1.54) is 17.8 Å². The van der Waals surface area contributed by atoms with E-state index in [4.69, 9.17) is 5.73 Å². The molecule has 0 fully saturated rings. The van der Waals surface area contributed by atoms with E-state index in [2.05, 4.69) is 0 Å². The van der Waals surface area contributed by atoms with E-state index in [1.54, 1.807) is 19.1 Å². The molecule has 0 spiro atoms. The Labute approximate surface area is 108 Å². The first-order valence-electron chi connectivity index (χ1n) is 5.37. The van der Waals surface area contributed by atoms with Crippen LogP contribution in [0.5, 0.6) is 0 Å². The van der Waals surface area contributed by atoms with Crippen LogP contribution in [0.25, 0.3) is 0 Å². The van der Waals surface area contributed by atoms with E-state index in [1.807, 2.05) is 0 Å². The molecule has 1 aliphatic heterocycles. The molecule has 0 aromatic heterocycles. The highest BCUT2D eigenvalue weighted by Crippen LogP contribution is 2.40. The van der Waals surface area contributed by atoms with E-state index < -0.39 is 22.8 Å². The second-order valence-corrected chi connectivity index (χ2v) is 5.40. The number of imide groups is 1. The number of nitrogen functional groups attached to an aromatic ring is 1. The summed E-state index contributed by atoms with van der Waals surface area (Å²) in [5, 5.41) is -0.399. The zero-order valence-electron chi connectivity index (χ0n) is 9.97. The number of Topliss-reactive ketones (excluding diaryl/α,β-unsaturated/α-hetero) is 1. The molecule has 1 atom stereocenters. The number of hydrogen-bond donors (Lipinski definition) is 1. The highest BCUT2D eigenvalue weighted by atomic mass is 32.2. The molecular formula is C12H12N2O3S. The van der Waals surface area contributed by atoms with Crippen molar-refractivity contribution in [3.8, 4) is 0 Å². The molecule has 0 aliphatic carbocycles. The number of fused-ring (bicyclic) bond motifs is 1. The van der Waals surface area contributed by atoms with E-state index in [0.717, 1.165) is 16.7 Å². The Hall–Kier alpha value is -1.82. The zero-order chi connectivity index (χ0) is 13.4. The van der Waals surface area contributed by atoms with Crippen LogP contribution in [0.4, 0.5) is 11.4 Å². The Morgan fingerprint density at radius 1 is 1.39 bits per heavy atom. The number of carbonyl (C=O) groups excluding carboxylic acids is 3. The van der Waals surface area contributed by atoms with Crippen LogP contribution in [0.2, 0.25) is 0 Å². The molecule has 1 heterocycles. The fraction of sp³-hybridized carbons (Fsp3) is 0.250. The molecule has 0 radical (unpaired) electrons. The zero-order valence-corrected chi connectivity index (χ0v) is 10.8. The summed E-state index contributed by atoms with van der Waals surface area (Å²) in [6.45, 7) is 2.85. The van der Waals surface area contributed by atoms with Crippen molar-refractivity contribution < 1.29 is 14.4 Å². The van der Waals surface area contributed by atoms with Gasteiger partial charge in [-0.25, -0.2) is 4.90 Å². The normalized spacial score (nSPS) is 18.4. The lowest BCUT2D eigenvalue weighted by Gasteiger charge is -2.30. The van der Waals surface area contributed by atoms with Crippen molar-refractivity contribution in [2.24, 2.45) is 0 Å². The standard InChI is InChI=1S/C12H12N2O3S/c1-6(15)11(16)14-9-5-8(13)3-4-10(9)18-7(2)12(14)17/h3-5,7H,13H2,1-2H3. The number of benzene rings is 1. The average Bonchev–Trinajstić information content (AvgIpc) is 2.31. The largest absolute Gasteiger partial charge is 0.399 e. The Balaban J connectivity index is 2.57. The van der Waals surface area contributed by atoms with Gasteiger partial charge in [0.1, 0.15) is 0 Å². The summed E-state index contributed by atoms with van der Waals surface area (Å²) in [4.78, 5) is 36.8. The van der Waals surface area contributed by atoms with E-state index in [0.29, 0.717) is 11.4 Å². The van der Waals surface area contributed by atoms with Gasteiger partial charge in [0.25, 0.3) is 0 Å². The van der Waals surface area contributed by atoms with Crippen molar-refractivity contribution >= 4 is 40.7 Å². The van der Waals surface area contributed by atoms with Crippen LogP contribution in [-0.4, -0.2) is 22.8 Å². The molecule has 2 amide bonds. The Kier molecular flexibility index (Phi) is 3.13. The number of carbonyl (C=O) groups is 3. The molecule has 2 N–H and O–H groups in total. The molecular weight excluding hydrogens is 252 g/mol. The number of nitrogens with two attached hydrogens (primary N) is 1. The van der Waals surface area contributed by atoms with Crippen LogP contribution in [-0.2, 0) is 14.4 Å². The van der Waals surface area contributed by atoms with Gasteiger partial charge in [-0.15, -0.1) is 11.8 Å². The quantitative estimate of drug-likeness (QED) is 0.609. The molecule has 1 unspecified atom stereocenters. The van der Waals surface area contributed by atoms with Crippen molar-refractivity contribution in [3.63, 3.8) is 0 Å². The number of rotatable bonds is 1. The average molecular weight is 264 g/mol. The number of amides is 2. The van der Waals surface area contributed by atoms with Crippen molar-refractivity contribution in [2.45, 2.75) is 24.0 Å². The number of hydrogen-bond acceptors (Lipinski definition) is 5. The molecule has 1 aromatic rings. The second kappa shape index (κ2) is 4.45. The molecule has 0 saturated heterocycles. The van der Waals surface area contributed by atoms with Crippen LogP contribution >= 0.6 is 11.8 Å². The predicted octanol–water partition coefficient (Wildman–Crippen LogP) is 1.21. The number of anilines is 2. The summed E-state index contributed by atoms with van der Waals surface area (Å²) >= 11 is 1.35. The van der Waals surface area contributed by atoms with E-state index in [9.17, 15) is 14.4 Å². The summed E-state index contributed by atoms with van der Waals surface area (Å²) < 4.78 is 0. The first kappa shape index (κ1) is 12.6. The highest BCUT2D eigenvalue weighted by molar-refractivity contribution is 8.01. The summed E-state index contributed by atoms with van der Waals surface area (Å²) in [6.07, 6.45) is 0. The third-order valence-electron chi connectivity index (χ3n) is 2.60. The fourth-order valence-corrected chi connectivity index (χ4v) is 2.72. The minimum Gasteiger partial charge on any atom is -0.399 e. The van der Waals surface area contributed by atoms with Crippen LogP contribution in [0.15, 0.2) is 23.1 Å². The van der Waals surface area contributed by atoms with Gasteiger partial charge in [0.05, 0.1) is 10.9 Å². The number of nitrogens with zero attached hydrogens (tertiary/aromatic N) is 1. The molecule has 0 bridgehead atoms. The molecule has 1 aliphatic rings. The van der Waals surface area contributed by atoms with Crippen LogP contribution in [0.3, 0.4) is 0 Å². The molecule has 0 saturated carbocycles. The fourth-order valence-electron chi connectivity index (χ4n) is 1.72. The molecule has 1 aromatic carbocycles. The second-order valence-electron chi connectivity index (χ2n) is 4.02. The van der Waals surface area contributed by atoms with Crippen molar-refractivity contribution in [1.29, 1.82) is 0 Å². The first-order chi connectivity index (χ1) is 8.41. The molecule has 5 nitrogen and oxygen atoms in total. The first-order valence-corrected chi connectivity index (χ1v) is 6.25. The van der Waals surface area contributed by atoms with Crippen molar-refractivity contribution in [2.75, 3.05) is 10.6 Å². The SMILES string of the molecule is CC(=O)C(=O)N1C(=O)C(C)Sc2ccc(N)cc21. The van der Waals surface area contributed by atoms with Gasteiger partial charge in [-0.2, -0.15) is 0 Å². The maximum absolute atomic E-state index is 12.0. The van der Waals surface area contributed by atoms with Gasteiger partial charge in [0.2, 0.25) is 11.7 Å². The summed E-state index contributed by atoms with van der Waals surface area (Å²) in [7, 11) is 0. The van der Waals surface area contributed by atoms with E-state index in [-0.39, 0.29) is 0 Å². The van der Waals surface area contributed by atoms with Crippen LogP contribution in [0, 0.1) is 0 Å². The number of thioether (sulfide) groups is 1. The smallest absolute Gasteiger partial charge is 0.300 e. The van der Waals surface area contributed by atoms with Gasteiger partial charge < -0.3 is 5.73 Å². The molecule has 18 heavy (non-hydrogen) atoms. The van der Waals surface area contributed by atoms with Crippen LogP contribution in [0.1, 0.15) is 13.8 Å². The maximum Gasteiger partial charge on any atom is 0.300 e. The minimum atomic E-state index is -0.820. The monoisotopic (exact) mass is 264 g/mol. The van der Waals surface area contributed by atoms with Gasteiger partial charge in [-0.3, -0.25) is 14.4 Å². The van der Waals surface area contributed by atoms with Crippen molar-refractivity contribution in [1.82, 2.24) is 0 Å². The van der Waals surface area contributed by atoms with Gasteiger partial charge >= 0.3 is 5.91 Å². The Morgan fingerprint density at radius 2 is 2.06 bits per heavy atom. The van der Waals surface area contributed by atoms with Gasteiger partial charge in [0.15, 0.2) is 0 Å². The lowest BCUT2D eigenvalue weighted by Crippen LogP contribution is -2.46. The van der Waals surface area contributed by atoms with Crippen LogP contribution < -0.4 is 10.6 Å². The van der Waals surface area contributed by atoms with Crippen molar-refractivity contribution in [3.05, 3.63) is 18.2 Å². The van der Waals surface area contributed by atoms with E-state index >= 15 is 0 Å².